The normalized spacial score (nSPS) is 22.4. The van der Waals surface area contributed by atoms with Gasteiger partial charge in [-0.05, 0) is 45.3 Å². The van der Waals surface area contributed by atoms with Crippen LogP contribution in [0.5, 0.6) is 0 Å². The summed E-state index contributed by atoms with van der Waals surface area (Å²) in [6.07, 6.45) is 1.66. The Morgan fingerprint density at radius 3 is 2.25 bits per heavy atom. The number of halogens is 1. The average molecular weight is 240 g/mol. The highest BCUT2D eigenvalue weighted by Gasteiger charge is 2.51. The zero-order valence-corrected chi connectivity index (χ0v) is 10.7. The lowest BCUT2D eigenvalue weighted by molar-refractivity contribution is 0.00578. The van der Waals surface area contributed by atoms with Crippen molar-refractivity contribution >= 4 is 24.2 Å². The fourth-order valence-electron chi connectivity index (χ4n) is 1.54. The summed E-state index contributed by atoms with van der Waals surface area (Å²) in [5.74, 6) is 0. The van der Waals surface area contributed by atoms with Crippen LogP contribution in [0.25, 0.3) is 0 Å². The van der Waals surface area contributed by atoms with E-state index in [9.17, 15) is 0 Å². The molecule has 5 heteroatoms. The van der Waals surface area contributed by atoms with Crippen LogP contribution >= 0.6 is 11.6 Å². The quantitative estimate of drug-likeness (QED) is 0.555. The van der Waals surface area contributed by atoms with Gasteiger partial charge >= 0.3 is 7.12 Å². The SMILES string of the molecule is CC1(C)OB(c2ccnc(Cl)c2)OC1(C)C. The molecule has 1 fully saturated rings. The maximum atomic E-state index is 5.90. The molecule has 0 N–H and O–H groups in total. The Hall–Kier alpha value is -0.575. The van der Waals surface area contributed by atoms with Crippen LogP contribution in [0.15, 0.2) is 18.3 Å². The second kappa shape index (κ2) is 3.72. The van der Waals surface area contributed by atoms with Crippen LogP contribution in [-0.4, -0.2) is 23.3 Å². The lowest BCUT2D eigenvalue weighted by Gasteiger charge is -2.32. The summed E-state index contributed by atoms with van der Waals surface area (Å²) in [4.78, 5) is 3.94. The van der Waals surface area contributed by atoms with Gasteiger partial charge in [0.05, 0.1) is 11.2 Å². The minimum absolute atomic E-state index is 0.326. The third kappa shape index (κ3) is 1.97. The highest BCUT2D eigenvalue weighted by atomic mass is 35.5. The van der Waals surface area contributed by atoms with E-state index in [4.69, 9.17) is 20.9 Å². The zero-order valence-electron chi connectivity index (χ0n) is 9.95. The molecular weight excluding hydrogens is 224 g/mol. The average Bonchev–Trinajstić information content (AvgIpc) is 2.36. The van der Waals surface area contributed by atoms with Gasteiger partial charge in [0.25, 0.3) is 0 Å². The summed E-state index contributed by atoms with van der Waals surface area (Å²) in [6, 6.07) is 3.62. The number of pyridine rings is 1. The number of nitrogens with zero attached hydrogens (tertiary/aromatic N) is 1. The van der Waals surface area contributed by atoms with Gasteiger partial charge in [0, 0.05) is 6.20 Å². The molecule has 1 saturated heterocycles. The van der Waals surface area contributed by atoms with Crippen LogP contribution in [0.1, 0.15) is 27.7 Å². The minimum atomic E-state index is -0.370. The van der Waals surface area contributed by atoms with Gasteiger partial charge in [-0.15, -0.1) is 0 Å². The van der Waals surface area contributed by atoms with Gasteiger partial charge in [-0.25, -0.2) is 4.98 Å². The Balaban J connectivity index is 2.27. The van der Waals surface area contributed by atoms with Gasteiger partial charge in [-0.1, -0.05) is 11.6 Å². The number of aromatic nitrogens is 1. The standard InChI is InChI=1S/C11H15BClNO2/c1-10(2)11(3,4)16-12(15-10)8-5-6-14-9(13)7-8/h5-7H,1-4H3. The van der Waals surface area contributed by atoms with Crippen molar-refractivity contribution in [2.24, 2.45) is 0 Å². The van der Waals surface area contributed by atoms with E-state index in [0.717, 1.165) is 5.46 Å². The second-order valence-corrected chi connectivity index (χ2v) is 5.39. The van der Waals surface area contributed by atoms with Crippen LogP contribution in [0.2, 0.25) is 5.15 Å². The summed E-state index contributed by atoms with van der Waals surface area (Å²) in [5, 5.41) is 0.451. The number of hydrogen-bond donors (Lipinski definition) is 0. The van der Waals surface area contributed by atoms with Crippen molar-refractivity contribution in [1.29, 1.82) is 0 Å². The first-order valence-corrected chi connectivity index (χ1v) is 5.67. The Kier molecular flexibility index (Phi) is 2.77. The van der Waals surface area contributed by atoms with E-state index in [1.807, 2.05) is 33.8 Å². The van der Waals surface area contributed by atoms with Gasteiger partial charge in [-0.2, -0.15) is 0 Å². The van der Waals surface area contributed by atoms with Crippen molar-refractivity contribution in [2.45, 2.75) is 38.9 Å². The molecule has 0 amide bonds. The lowest BCUT2D eigenvalue weighted by atomic mass is 9.80. The lowest BCUT2D eigenvalue weighted by Crippen LogP contribution is -2.41. The number of hydrogen-bond acceptors (Lipinski definition) is 3. The van der Waals surface area contributed by atoms with Crippen molar-refractivity contribution in [3.8, 4) is 0 Å². The predicted molar refractivity (Wildman–Crippen MR) is 65.0 cm³/mol. The molecule has 0 unspecified atom stereocenters. The van der Waals surface area contributed by atoms with Crippen molar-refractivity contribution in [3.05, 3.63) is 23.5 Å². The van der Waals surface area contributed by atoms with Crippen LogP contribution in [0, 0.1) is 0 Å². The molecule has 2 rings (SSSR count). The molecule has 0 radical (unpaired) electrons. The van der Waals surface area contributed by atoms with Crippen molar-refractivity contribution < 1.29 is 9.31 Å². The van der Waals surface area contributed by atoms with E-state index in [1.54, 1.807) is 12.3 Å². The fourth-order valence-corrected chi connectivity index (χ4v) is 1.73. The molecule has 2 heterocycles. The summed E-state index contributed by atoms with van der Waals surface area (Å²) in [5.41, 5.74) is 0.250. The van der Waals surface area contributed by atoms with E-state index in [0.29, 0.717) is 5.15 Å². The van der Waals surface area contributed by atoms with Crippen LogP contribution in [-0.2, 0) is 9.31 Å². The fraction of sp³-hybridized carbons (Fsp3) is 0.545. The minimum Gasteiger partial charge on any atom is -0.399 e. The van der Waals surface area contributed by atoms with E-state index >= 15 is 0 Å². The largest absolute Gasteiger partial charge is 0.494 e. The number of rotatable bonds is 1. The summed E-state index contributed by atoms with van der Waals surface area (Å²) >= 11 is 5.84. The molecule has 0 aliphatic carbocycles. The zero-order chi connectivity index (χ0) is 12.0. The highest BCUT2D eigenvalue weighted by molar-refractivity contribution is 6.62. The van der Waals surface area contributed by atoms with Crippen LogP contribution in [0.3, 0.4) is 0 Å². The molecule has 3 nitrogen and oxygen atoms in total. The van der Waals surface area contributed by atoms with Crippen molar-refractivity contribution in [3.63, 3.8) is 0 Å². The third-order valence-corrected chi connectivity index (χ3v) is 3.48. The smallest absolute Gasteiger partial charge is 0.399 e. The Labute approximate surface area is 101 Å². The van der Waals surface area contributed by atoms with Crippen LogP contribution < -0.4 is 5.46 Å². The highest BCUT2D eigenvalue weighted by Crippen LogP contribution is 2.36. The van der Waals surface area contributed by atoms with Crippen molar-refractivity contribution in [1.82, 2.24) is 4.98 Å². The predicted octanol–water partition coefficient (Wildman–Crippen LogP) is 2.03. The summed E-state index contributed by atoms with van der Waals surface area (Å²) in [6.45, 7) is 8.09. The van der Waals surface area contributed by atoms with Crippen molar-refractivity contribution in [2.75, 3.05) is 0 Å². The second-order valence-electron chi connectivity index (χ2n) is 5.00. The monoisotopic (exact) mass is 239 g/mol. The third-order valence-electron chi connectivity index (χ3n) is 3.28. The van der Waals surface area contributed by atoms with Gasteiger partial charge in [-0.3, -0.25) is 0 Å². The Bertz CT molecular complexity index is 393. The molecule has 0 spiro atoms. The molecule has 1 aliphatic heterocycles. The molecule has 1 aromatic rings. The van der Waals surface area contributed by atoms with Crippen LogP contribution in [0.4, 0.5) is 0 Å². The maximum Gasteiger partial charge on any atom is 0.494 e. The summed E-state index contributed by atoms with van der Waals surface area (Å²) < 4.78 is 11.8. The molecule has 0 saturated carbocycles. The molecule has 0 bridgehead atoms. The first-order chi connectivity index (χ1) is 7.32. The van der Waals surface area contributed by atoms with Gasteiger partial charge in [0.15, 0.2) is 0 Å². The molecule has 0 atom stereocenters. The Morgan fingerprint density at radius 2 is 1.75 bits per heavy atom. The molecule has 86 valence electrons. The first kappa shape index (κ1) is 11.9. The molecule has 1 aromatic heterocycles. The molecule has 1 aliphatic rings. The maximum absolute atomic E-state index is 5.90. The first-order valence-electron chi connectivity index (χ1n) is 5.29. The van der Waals surface area contributed by atoms with E-state index in [-0.39, 0.29) is 18.3 Å². The van der Waals surface area contributed by atoms with Gasteiger partial charge in [0.1, 0.15) is 5.15 Å². The van der Waals surface area contributed by atoms with E-state index in [2.05, 4.69) is 4.98 Å². The van der Waals surface area contributed by atoms with E-state index < -0.39 is 0 Å². The summed E-state index contributed by atoms with van der Waals surface area (Å²) in [7, 11) is -0.370. The molecule has 16 heavy (non-hydrogen) atoms. The van der Waals surface area contributed by atoms with Gasteiger partial charge < -0.3 is 9.31 Å². The molecular formula is C11H15BClNO2. The van der Waals surface area contributed by atoms with Gasteiger partial charge in [0.2, 0.25) is 0 Å². The van der Waals surface area contributed by atoms with E-state index in [1.165, 1.54) is 0 Å². The topological polar surface area (TPSA) is 31.4 Å². The molecule has 0 aromatic carbocycles. The Morgan fingerprint density at radius 1 is 1.19 bits per heavy atom.